The minimum absolute atomic E-state index is 0.0484. The summed E-state index contributed by atoms with van der Waals surface area (Å²) in [6.07, 6.45) is 1.20. The fourth-order valence-electron chi connectivity index (χ4n) is 2.85. The van der Waals surface area contributed by atoms with E-state index in [1.165, 1.54) is 0 Å². The molecule has 0 aliphatic carbocycles. The van der Waals surface area contributed by atoms with E-state index in [0.29, 0.717) is 37.6 Å². The Labute approximate surface area is 155 Å². The fourth-order valence-corrected chi connectivity index (χ4v) is 2.85. The van der Waals surface area contributed by atoms with Crippen LogP contribution in [0, 0.1) is 22.7 Å². The Balaban J connectivity index is 1.85. The Hall–Kier alpha value is -3.33. The van der Waals surface area contributed by atoms with Crippen molar-refractivity contribution in [2.24, 2.45) is 0 Å². The van der Waals surface area contributed by atoms with E-state index < -0.39 is 5.56 Å². The number of hydrogen-bond donors (Lipinski definition) is 2. The summed E-state index contributed by atoms with van der Waals surface area (Å²) in [5.41, 5.74) is 5.70. The predicted octanol–water partition coefficient (Wildman–Crippen LogP) is 1.90. The summed E-state index contributed by atoms with van der Waals surface area (Å²) in [6.45, 7) is 1.73. The second-order valence-corrected chi connectivity index (χ2v) is 5.91. The largest absolute Gasteiger partial charge is 0.493 e. The summed E-state index contributed by atoms with van der Waals surface area (Å²) in [5, 5.41) is 18.8. The van der Waals surface area contributed by atoms with E-state index in [9.17, 15) is 15.3 Å². The van der Waals surface area contributed by atoms with Gasteiger partial charge in [0.05, 0.1) is 19.8 Å². The third-order valence-electron chi connectivity index (χ3n) is 4.11. The lowest BCUT2D eigenvalue weighted by Gasteiger charge is -2.23. The van der Waals surface area contributed by atoms with Gasteiger partial charge in [-0.3, -0.25) is 4.79 Å². The Kier molecular flexibility index (Phi) is 5.72. The number of nitriles is 2. The SMILES string of the molecule is N#Cc1c(N)[nH]c(=O)c(C#N)c1-c1cccc(OCCC2OCCCO2)c1. The number of nitrogens with two attached hydrogens (primary N) is 1. The highest BCUT2D eigenvalue weighted by Crippen LogP contribution is 2.30. The van der Waals surface area contributed by atoms with Crippen molar-refractivity contribution < 1.29 is 14.2 Å². The van der Waals surface area contributed by atoms with E-state index in [2.05, 4.69) is 4.98 Å². The molecule has 0 spiro atoms. The molecule has 2 aromatic rings. The fraction of sp³-hybridized carbons (Fsp3) is 0.316. The second-order valence-electron chi connectivity index (χ2n) is 5.91. The lowest BCUT2D eigenvalue weighted by molar-refractivity contribution is -0.183. The molecule has 0 radical (unpaired) electrons. The Bertz CT molecular complexity index is 965. The summed E-state index contributed by atoms with van der Waals surface area (Å²) in [7, 11) is 0. The van der Waals surface area contributed by atoms with Crippen LogP contribution in [-0.4, -0.2) is 31.1 Å². The van der Waals surface area contributed by atoms with Gasteiger partial charge in [-0.25, -0.2) is 0 Å². The molecule has 8 heteroatoms. The zero-order chi connectivity index (χ0) is 19.2. The van der Waals surface area contributed by atoms with Crippen LogP contribution < -0.4 is 16.0 Å². The maximum Gasteiger partial charge on any atom is 0.268 e. The van der Waals surface area contributed by atoms with Crippen LogP contribution in [0.5, 0.6) is 5.75 Å². The van der Waals surface area contributed by atoms with E-state index in [-0.39, 0.29) is 28.8 Å². The van der Waals surface area contributed by atoms with Gasteiger partial charge in [0.1, 0.15) is 34.8 Å². The van der Waals surface area contributed by atoms with Gasteiger partial charge in [-0.15, -0.1) is 0 Å². The number of pyridine rings is 1. The summed E-state index contributed by atoms with van der Waals surface area (Å²) >= 11 is 0. The smallest absolute Gasteiger partial charge is 0.268 e. The van der Waals surface area contributed by atoms with Crippen LogP contribution in [-0.2, 0) is 9.47 Å². The zero-order valence-electron chi connectivity index (χ0n) is 14.5. The summed E-state index contributed by atoms with van der Waals surface area (Å²) in [6, 6.07) is 10.6. The van der Waals surface area contributed by atoms with E-state index in [0.717, 1.165) is 6.42 Å². The highest BCUT2D eigenvalue weighted by Gasteiger charge is 2.19. The highest BCUT2D eigenvalue weighted by molar-refractivity contribution is 5.80. The van der Waals surface area contributed by atoms with Crippen molar-refractivity contribution in [3.05, 3.63) is 45.7 Å². The zero-order valence-corrected chi connectivity index (χ0v) is 14.5. The molecule has 1 saturated heterocycles. The average molecular weight is 366 g/mol. The van der Waals surface area contributed by atoms with Gasteiger partial charge in [0.15, 0.2) is 6.29 Å². The van der Waals surface area contributed by atoms with Gasteiger partial charge in [-0.1, -0.05) is 12.1 Å². The van der Waals surface area contributed by atoms with Crippen molar-refractivity contribution in [3.63, 3.8) is 0 Å². The molecule has 1 aromatic carbocycles. The molecule has 0 bridgehead atoms. The van der Waals surface area contributed by atoms with Crippen molar-refractivity contribution in [1.82, 2.24) is 4.98 Å². The monoisotopic (exact) mass is 366 g/mol. The van der Waals surface area contributed by atoms with E-state index >= 15 is 0 Å². The third-order valence-corrected chi connectivity index (χ3v) is 4.11. The van der Waals surface area contributed by atoms with Gasteiger partial charge in [0, 0.05) is 12.0 Å². The highest BCUT2D eigenvalue weighted by atomic mass is 16.7. The molecule has 0 saturated carbocycles. The minimum atomic E-state index is -0.637. The van der Waals surface area contributed by atoms with Gasteiger partial charge >= 0.3 is 0 Å². The van der Waals surface area contributed by atoms with Crippen LogP contribution in [0.4, 0.5) is 5.82 Å². The van der Waals surface area contributed by atoms with Crippen molar-refractivity contribution in [3.8, 4) is 29.0 Å². The number of aromatic nitrogens is 1. The maximum absolute atomic E-state index is 12.0. The molecule has 1 aromatic heterocycles. The number of nitrogens with zero attached hydrogens (tertiary/aromatic N) is 2. The second kappa shape index (κ2) is 8.37. The van der Waals surface area contributed by atoms with Crippen LogP contribution in [0.15, 0.2) is 29.1 Å². The first-order valence-corrected chi connectivity index (χ1v) is 8.46. The molecular formula is C19H18N4O4. The van der Waals surface area contributed by atoms with Crippen molar-refractivity contribution in [2.45, 2.75) is 19.1 Å². The van der Waals surface area contributed by atoms with Crippen LogP contribution in [0.25, 0.3) is 11.1 Å². The average Bonchev–Trinajstić information content (AvgIpc) is 2.68. The molecule has 0 amide bonds. The molecule has 1 fully saturated rings. The molecule has 0 unspecified atom stereocenters. The van der Waals surface area contributed by atoms with Gasteiger partial charge in [-0.2, -0.15) is 10.5 Å². The summed E-state index contributed by atoms with van der Waals surface area (Å²) in [4.78, 5) is 14.4. The van der Waals surface area contributed by atoms with Crippen molar-refractivity contribution in [2.75, 3.05) is 25.6 Å². The molecule has 138 valence electrons. The van der Waals surface area contributed by atoms with Crippen LogP contribution in [0.1, 0.15) is 24.0 Å². The van der Waals surface area contributed by atoms with Gasteiger partial charge in [-0.05, 0) is 24.1 Å². The topological polar surface area (TPSA) is 134 Å². The maximum atomic E-state index is 12.0. The van der Waals surface area contributed by atoms with Crippen molar-refractivity contribution in [1.29, 1.82) is 10.5 Å². The number of ether oxygens (including phenoxy) is 3. The van der Waals surface area contributed by atoms with Crippen LogP contribution in [0.3, 0.4) is 0 Å². The first kappa shape index (κ1) is 18.5. The van der Waals surface area contributed by atoms with Gasteiger partial charge in [0.2, 0.25) is 0 Å². The summed E-state index contributed by atoms with van der Waals surface area (Å²) in [5.74, 6) is 0.462. The molecule has 3 rings (SSSR count). The van der Waals surface area contributed by atoms with E-state index in [1.54, 1.807) is 24.3 Å². The normalized spacial score (nSPS) is 14.3. The third kappa shape index (κ3) is 4.09. The Morgan fingerprint density at radius 1 is 1.22 bits per heavy atom. The molecule has 2 heterocycles. The number of rotatable bonds is 5. The Morgan fingerprint density at radius 3 is 2.67 bits per heavy atom. The quantitative estimate of drug-likeness (QED) is 0.825. The van der Waals surface area contributed by atoms with E-state index in [4.69, 9.17) is 19.9 Å². The molecular weight excluding hydrogens is 348 g/mol. The lowest BCUT2D eigenvalue weighted by atomic mass is 9.96. The predicted molar refractivity (Wildman–Crippen MR) is 96.8 cm³/mol. The number of anilines is 1. The van der Waals surface area contributed by atoms with Crippen LogP contribution >= 0.6 is 0 Å². The van der Waals surface area contributed by atoms with Gasteiger partial charge in [0.25, 0.3) is 5.56 Å². The first-order valence-electron chi connectivity index (χ1n) is 8.46. The summed E-state index contributed by atoms with van der Waals surface area (Å²) < 4.78 is 16.7. The number of nitrogens with one attached hydrogen (secondary N) is 1. The first-order chi connectivity index (χ1) is 13.1. The standard InChI is InChI=1S/C19H18N4O4/c20-10-14-17(15(11-21)19(24)23-18(14)22)12-3-1-4-13(9-12)25-8-5-16-26-6-2-7-27-16/h1,3-4,9,16H,2,5-8H2,(H3,22,23,24). The van der Waals surface area contributed by atoms with E-state index in [1.807, 2.05) is 12.1 Å². The molecule has 1 aliphatic rings. The molecule has 0 atom stereocenters. The number of nitrogen functional groups attached to an aromatic ring is 1. The lowest BCUT2D eigenvalue weighted by Crippen LogP contribution is -2.26. The molecule has 3 N–H and O–H groups in total. The molecule has 1 aliphatic heterocycles. The van der Waals surface area contributed by atoms with Crippen LogP contribution in [0.2, 0.25) is 0 Å². The number of aromatic amines is 1. The van der Waals surface area contributed by atoms with Crippen molar-refractivity contribution >= 4 is 5.82 Å². The molecule has 8 nitrogen and oxygen atoms in total. The minimum Gasteiger partial charge on any atom is -0.493 e. The number of hydrogen-bond acceptors (Lipinski definition) is 7. The molecule has 27 heavy (non-hydrogen) atoms. The number of benzene rings is 1. The Morgan fingerprint density at radius 2 is 1.96 bits per heavy atom. The number of H-pyrrole nitrogens is 1. The van der Waals surface area contributed by atoms with Gasteiger partial charge < -0.3 is 24.9 Å².